The standard InChI is InChI=1S/C20H21N3O2/c1-15-18(20(24)23(21-15)16-8-4-2-5-9-16)14-17-10-11-19(25-17)22-12-6-3-7-13-22/h2,4-5,8-11,14H,3,6-7,12-13H2,1H3/b18-14-. The van der Waals surface area contributed by atoms with E-state index in [-0.39, 0.29) is 5.91 Å². The summed E-state index contributed by atoms with van der Waals surface area (Å²) in [6.07, 6.45) is 5.48. The zero-order chi connectivity index (χ0) is 17.2. The van der Waals surface area contributed by atoms with Gasteiger partial charge in [-0.15, -0.1) is 0 Å². The Morgan fingerprint density at radius 2 is 1.80 bits per heavy atom. The zero-order valence-electron chi connectivity index (χ0n) is 14.3. The molecule has 5 nitrogen and oxygen atoms in total. The van der Waals surface area contributed by atoms with Crippen LogP contribution in [0.1, 0.15) is 31.9 Å². The minimum absolute atomic E-state index is 0.125. The maximum Gasteiger partial charge on any atom is 0.280 e. The highest BCUT2D eigenvalue weighted by molar-refractivity contribution is 6.32. The van der Waals surface area contributed by atoms with Crippen LogP contribution in [0.5, 0.6) is 0 Å². The molecule has 0 N–H and O–H groups in total. The predicted octanol–water partition coefficient (Wildman–Crippen LogP) is 4.08. The molecule has 0 aliphatic carbocycles. The Hall–Kier alpha value is -2.82. The molecule has 1 fully saturated rings. The molecule has 25 heavy (non-hydrogen) atoms. The van der Waals surface area contributed by atoms with E-state index in [1.807, 2.05) is 49.4 Å². The number of carbonyl (C=O) groups is 1. The van der Waals surface area contributed by atoms with Crippen molar-refractivity contribution in [2.45, 2.75) is 26.2 Å². The topological polar surface area (TPSA) is 49.1 Å². The minimum atomic E-state index is -0.125. The van der Waals surface area contributed by atoms with Gasteiger partial charge in [0.25, 0.3) is 5.91 Å². The Bertz CT molecular complexity index is 830. The Labute approximate surface area is 147 Å². The summed E-state index contributed by atoms with van der Waals surface area (Å²) in [5.41, 5.74) is 2.04. The molecule has 2 aliphatic rings. The van der Waals surface area contributed by atoms with Gasteiger partial charge in [-0.1, -0.05) is 18.2 Å². The second kappa shape index (κ2) is 6.59. The van der Waals surface area contributed by atoms with Crippen molar-refractivity contribution in [1.29, 1.82) is 0 Å². The number of rotatable bonds is 3. The number of hydrazone groups is 1. The summed E-state index contributed by atoms with van der Waals surface area (Å²) in [6, 6.07) is 13.4. The Balaban J connectivity index is 1.56. The molecule has 1 saturated heterocycles. The van der Waals surface area contributed by atoms with Crippen molar-refractivity contribution < 1.29 is 9.21 Å². The fourth-order valence-electron chi connectivity index (χ4n) is 3.27. The number of carbonyl (C=O) groups excluding carboxylic acids is 1. The van der Waals surface area contributed by atoms with Crippen LogP contribution in [0.3, 0.4) is 0 Å². The highest BCUT2D eigenvalue weighted by atomic mass is 16.4. The van der Waals surface area contributed by atoms with Crippen LogP contribution >= 0.6 is 0 Å². The van der Waals surface area contributed by atoms with Gasteiger partial charge < -0.3 is 9.32 Å². The summed E-state index contributed by atoms with van der Waals surface area (Å²) in [4.78, 5) is 15.0. The second-order valence-corrected chi connectivity index (χ2v) is 6.42. The molecule has 4 rings (SSSR count). The monoisotopic (exact) mass is 335 g/mol. The molecule has 2 aromatic rings. The first-order chi connectivity index (χ1) is 12.2. The minimum Gasteiger partial charge on any atom is -0.441 e. The van der Waals surface area contributed by atoms with Crippen LogP contribution in [0, 0.1) is 0 Å². The third-order valence-corrected chi connectivity index (χ3v) is 4.63. The first kappa shape index (κ1) is 15.7. The van der Waals surface area contributed by atoms with Crippen molar-refractivity contribution in [2.24, 2.45) is 5.10 Å². The highest BCUT2D eigenvalue weighted by Crippen LogP contribution is 2.27. The molecule has 0 radical (unpaired) electrons. The lowest BCUT2D eigenvalue weighted by atomic mass is 10.1. The van der Waals surface area contributed by atoms with E-state index in [2.05, 4.69) is 10.0 Å². The predicted molar refractivity (Wildman–Crippen MR) is 99.8 cm³/mol. The molecule has 0 atom stereocenters. The Morgan fingerprint density at radius 3 is 2.56 bits per heavy atom. The summed E-state index contributed by atoms with van der Waals surface area (Å²) in [6.45, 7) is 3.91. The number of para-hydroxylation sites is 1. The molecule has 0 bridgehead atoms. The lowest BCUT2D eigenvalue weighted by Gasteiger charge is -2.25. The van der Waals surface area contributed by atoms with Crippen LogP contribution in [0.2, 0.25) is 0 Å². The van der Waals surface area contributed by atoms with Gasteiger partial charge in [-0.25, -0.2) is 0 Å². The molecular weight excluding hydrogens is 314 g/mol. The molecule has 0 saturated carbocycles. The number of anilines is 2. The molecule has 5 heteroatoms. The third kappa shape index (κ3) is 3.09. The van der Waals surface area contributed by atoms with Crippen LogP contribution in [-0.2, 0) is 4.79 Å². The van der Waals surface area contributed by atoms with E-state index in [1.165, 1.54) is 24.3 Å². The van der Waals surface area contributed by atoms with Crippen molar-refractivity contribution >= 4 is 29.3 Å². The molecule has 1 aromatic heterocycles. The van der Waals surface area contributed by atoms with Gasteiger partial charge in [0.15, 0.2) is 5.88 Å². The van der Waals surface area contributed by atoms with Gasteiger partial charge in [0.2, 0.25) is 0 Å². The first-order valence-electron chi connectivity index (χ1n) is 8.74. The van der Waals surface area contributed by atoms with Crippen LogP contribution in [-0.4, -0.2) is 24.7 Å². The van der Waals surface area contributed by atoms with Crippen LogP contribution < -0.4 is 9.91 Å². The van der Waals surface area contributed by atoms with Gasteiger partial charge in [0, 0.05) is 19.2 Å². The van der Waals surface area contributed by atoms with Gasteiger partial charge in [0.1, 0.15) is 5.76 Å². The first-order valence-corrected chi connectivity index (χ1v) is 8.74. The quantitative estimate of drug-likeness (QED) is 0.794. The number of nitrogens with zero attached hydrogens (tertiary/aromatic N) is 3. The van der Waals surface area contributed by atoms with E-state index in [1.54, 1.807) is 6.08 Å². The van der Waals surface area contributed by atoms with Crippen molar-refractivity contribution in [3.8, 4) is 0 Å². The van der Waals surface area contributed by atoms with E-state index in [0.717, 1.165) is 24.7 Å². The number of hydrogen-bond acceptors (Lipinski definition) is 4. The fraction of sp³-hybridized carbons (Fsp3) is 0.300. The van der Waals surface area contributed by atoms with Crippen LogP contribution in [0.15, 0.2) is 57.6 Å². The summed E-state index contributed by atoms with van der Waals surface area (Å²) < 4.78 is 5.95. The summed E-state index contributed by atoms with van der Waals surface area (Å²) in [5.74, 6) is 1.44. The van der Waals surface area contributed by atoms with Gasteiger partial charge >= 0.3 is 0 Å². The van der Waals surface area contributed by atoms with Crippen molar-refractivity contribution in [3.05, 3.63) is 53.8 Å². The van der Waals surface area contributed by atoms with E-state index in [9.17, 15) is 4.79 Å². The number of hydrogen-bond donors (Lipinski definition) is 0. The van der Waals surface area contributed by atoms with Crippen LogP contribution in [0.4, 0.5) is 11.6 Å². The zero-order valence-corrected chi connectivity index (χ0v) is 14.3. The largest absolute Gasteiger partial charge is 0.441 e. The lowest BCUT2D eigenvalue weighted by Crippen LogP contribution is -2.28. The van der Waals surface area contributed by atoms with E-state index in [4.69, 9.17) is 4.42 Å². The van der Waals surface area contributed by atoms with Gasteiger partial charge in [-0.3, -0.25) is 4.79 Å². The van der Waals surface area contributed by atoms with E-state index < -0.39 is 0 Å². The normalized spacial score (nSPS) is 19.6. The Kier molecular flexibility index (Phi) is 4.14. The van der Waals surface area contributed by atoms with Crippen molar-refractivity contribution in [1.82, 2.24) is 0 Å². The fourth-order valence-corrected chi connectivity index (χ4v) is 3.27. The average Bonchev–Trinajstić information content (AvgIpc) is 3.23. The smallest absolute Gasteiger partial charge is 0.280 e. The average molecular weight is 335 g/mol. The van der Waals surface area contributed by atoms with Crippen molar-refractivity contribution in [2.75, 3.05) is 23.0 Å². The molecule has 128 valence electrons. The summed E-state index contributed by atoms with van der Waals surface area (Å²) in [5, 5.41) is 5.83. The number of piperidine rings is 1. The number of benzene rings is 1. The maximum atomic E-state index is 12.7. The highest BCUT2D eigenvalue weighted by Gasteiger charge is 2.29. The lowest BCUT2D eigenvalue weighted by molar-refractivity contribution is -0.114. The summed E-state index contributed by atoms with van der Waals surface area (Å²) >= 11 is 0. The van der Waals surface area contributed by atoms with E-state index >= 15 is 0 Å². The molecule has 1 amide bonds. The number of amides is 1. The van der Waals surface area contributed by atoms with Crippen LogP contribution in [0.25, 0.3) is 6.08 Å². The molecule has 2 aliphatic heterocycles. The molecule has 0 spiro atoms. The number of furan rings is 1. The maximum absolute atomic E-state index is 12.7. The Morgan fingerprint density at radius 1 is 1.04 bits per heavy atom. The molecule has 1 aromatic carbocycles. The summed E-state index contributed by atoms with van der Waals surface area (Å²) in [7, 11) is 0. The van der Waals surface area contributed by atoms with Gasteiger partial charge in [-0.2, -0.15) is 10.1 Å². The third-order valence-electron chi connectivity index (χ3n) is 4.63. The molecular formula is C20H21N3O2. The second-order valence-electron chi connectivity index (χ2n) is 6.42. The SMILES string of the molecule is CC1=NN(c2ccccc2)C(=O)/C1=C\c1ccc(N2CCCCC2)o1. The van der Waals surface area contributed by atoms with Gasteiger partial charge in [0.05, 0.1) is 17.0 Å². The van der Waals surface area contributed by atoms with Gasteiger partial charge in [-0.05, 0) is 50.5 Å². The van der Waals surface area contributed by atoms with Crippen molar-refractivity contribution in [3.63, 3.8) is 0 Å². The molecule has 0 unspecified atom stereocenters. The van der Waals surface area contributed by atoms with E-state index in [0.29, 0.717) is 17.0 Å². The molecule has 3 heterocycles.